The van der Waals surface area contributed by atoms with E-state index in [0.29, 0.717) is 13.0 Å². The Labute approximate surface area is 93.8 Å². The number of aliphatic hydroxyl groups is 1. The van der Waals surface area contributed by atoms with Crippen molar-refractivity contribution in [1.82, 2.24) is 5.43 Å². The van der Waals surface area contributed by atoms with Crippen LogP contribution in [0.15, 0.2) is 24.3 Å². The van der Waals surface area contributed by atoms with Crippen LogP contribution in [0, 0.1) is 0 Å². The summed E-state index contributed by atoms with van der Waals surface area (Å²) in [7, 11) is 0. The predicted octanol–water partition coefficient (Wildman–Crippen LogP) is -0.0800. The molecule has 1 aromatic rings. The Balaban J connectivity index is 2.10. The molecule has 1 amide bonds. The zero-order valence-electron chi connectivity index (χ0n) is 8.89. The van der Waals surface area contributed by atoms with E-state index in [1.165, 1.54) is 0 Å². The maximum absolute atomic E-state index is 11.0. The van der Waals surface area contributed by atoms with Crippen LogP contribution in [0.2, 0.25) is 0 Å². The minimum absolute atomic E-state index is 0.0334. The number of benzene rings is 1. The molecule has 1 saturated heterocycles. The number of aliphatic hydroxyl groups excluding tert-OH is 1. The highest BCUT2D eigenvalue weighted by Gasteiger charge is 2.18. The molecule has 0 aliphatic carbocycles. The molecule has 1 aliphatic heterocycles. The third kappa shape index (κ3) is 2.15. The minimum Gasteiger partial charge on any atom is -0.387 e. The number of nitrogens with two attached hydrogens (primary N) is 1. The maximum Gasteiger partial charge on any atom is 0.240 e. The second kappa shape index (κ2) is 4.51. The van der Waals surface area contributed by atoms with Crippen molar-refractivity contribution < 1.29 is 9.90 Å². The number of hydrogen-bond donors (Lipinski definition) is 3. The molecule has 0 aromatic heterocycles. The lowest BCUT2D eigenvalue weighted by Crippen LogP contribution is -2.32. The van der Waals surface area contributed by atoms with Crippen molar-refractivity contribution in [3.63, 3.8) is 0 Å². The fraction of sp³-hybridized carbons (Fsp3) is 0.364. The SMILES string of the molecule is NCC(O)c1ccc(N2CCC(=O)N2)cc1. The Kier molecular flexibility index (Phi) is 3.07. The van der Waals surface area contributed by atoms with Crippen LogP contribution in [-0.2, 0) is 4.79 Å². The fourth-order valence-electron chi connectivity index (χ4n) is 1.68. The normalized spacial score (nSPS) is 17.4. The lowest BCUT2D eigenvalue weighted by atomic mass is 10.1. The van der Waals surface area contributed by atoms with Gasteiger partial charge in [0, 0.05) is 19.5 Å². The monoisotopic (exact) mass is 221 g/mol. The van der Waals surface area contributed by atoms with Crippen molar-refractivity contribution in [3.05, 3.63) is 29.8 Å². The molecule has 86 valence electrons. The van der Waals surface area contributed by atoms with E-state index in [2.05, 4.69) is 5.43 Å². The van der Waals surface area contributed by atoms with E-state index in [-0.39, 0.29) is 12.5 Å². The first kappa shape index (κ1) is 10.9. The Morgan fingerprint density at radius 3 is 2.62 bits per heavy atom. The maximum atomic E-state index is 11.0. The van der Waals surface area contributed by atoms with Gasteiger partial charge in [0.2, 0.25) is 5.91 Å². The highest BCUT2D eigenvalue weighted by Crippen LogP contribution is 2.19. The molecule has 1 aliphatic rings. The van der Waals surface area contributed by atoms with E-state index in [4.69, 9.17) is 5.73 Å². The Hall–Kier alpha value is -1.59. The first-order valence-electron chi connectivity index (χ1n) is 5.26. The Morgan fingerprint density at radius 1 is 1.44 bits per heavy atom. The number of anilines is 1. The first-order valence-corrected chi connectivity index (χ1v) is 5.26. The van der Waals surface area contributed by atoms with Gasteiger partial charge in [0.05, 0.1) is 11.8 Å². The van der Waals surface area contributed by atoms with Crippen LogP contribution in [0.1, 0.15) is 18.1 Å². The van der Waals surface area contributed by atoms with Crippen LogP contribution >= 0.6 is 0 Å². The third-order valence-electron chi connectivity index (χ3n) is 2.63. The van der Waals surface area contributed by atoms with Crippen molar-refractivity contribution in [2.45, 2.75) is 12.5 Å². The Bertz CT molecular complexity index is 377. The molecule has 1 fully saturated rings. The molecule has 1 aromatic carbocycles. The second-order valence-electron chi connectivity index (χ2n) is 3.78. The molecule has 2 rings (SSSR count). The summed E-state index contributed by atoms with van der Waals surface area (Å²) >= 11 is 0. The van der Waals surface area contributed by atoms with Crippen LogP contribution < -0.4 is 16.2 Å². The van der Waals surface area contributed by atoms with E-state index >= 15 is 0 Å². The van der Waals surface area contributed by atoms with Gasteiger partial charge in [-0.2, -0.15) is 0 Å². The summed E-state index contributed by atoms with van der Waals surface area (Å²) in [6.07, 6.45) is -0.102. The minimum atomic E-state index is -0.623. The van der Waals surface area contributed by atoms with Gasteiger partial charge in [0.1, 0.15) is 0 Å². The van der Waals surface area contributed by atoms with Gasteiger partial charge in [0.25, 0.3) is 0 Å². The molecule has 0 bridgehead atoms. The number of nitrogens with zero attached hydrogens (tertiary/aromatic N) is 1. The van der Waals surface area contributed by atoms with Crippen LogP contribution in [0.3, 0.4) is 0 Å². The molecule has 16 heavy (non-hydrogen) atoms. The van der Waals surface area contributed by atoms with Gasteiger partial charge in [0.15, 0.2) is 0 Å². The van der Waals surface area contributed by atoms with Crippen molar-refractivity contribution in [3.8, 4) is 0 Å². The third-order valence-corrected chi connectivity index (χ3v) is 2.63. The summed E-state index contributed by atoms with van der Waals surface area (Å²) in [5, 5.41) is 11.3. The molecule has 5 nitrogen and oxygen atoms in total. The van der Waals surface area contributed by atoms with Gasteiger partial charge in [-0.3, -0.25) is 15.2 Å². The average molecular weight is 221 g/mol. The molecular weight excluding hydrogens is 206 g/mol. The molecule has 0 radical (unpaired) electrons. The number of hydrazine groups is 1. The molecule has 1 atom stereocenters. The van der Waals surface area contributed by atoms with Crippen LogP contribution in [0.25, 0.3) is 0 Å². The van der Waals surface area contributed by atoms with E-state index in [1.54, 1.807) is 5.01 Å². The molecular formula is C11H15N3O2. The van der Waals surface area contributed by atoms with Crippen LogP contribution in [0.5, 0.6) is 0 Å². The quantitative estimate of drug-likeness (QED) is 0.667. The fourth-order valence-corrected chi connectivity index (χ4v) is 1.68. The van der Waals surface area contributed by atoms with Gasteiger partial charge in [-0.1, -0.05) is 12.1 Å². The molecule has 1 unspecified atom stereocenters. The van der Waals surface area contributed by atoms with E-state index in [0.717, 1.165) is 11.3 Å². The zero-order valence-corrected chi connectivity index (χ0v) is 8.89. The second-order valence-corrected chi connectivity index (χ2v) is 3.78. The van der Waals surface area contributed by atoms with Crippen LogP contribution in [-0.4, -0.2) is 24.1 Å². The lowest BCUT2D eigenvalue weighted by Gasteiger charge is -2.18. The lowest BCUT2D eigenvalue weighted by molar-refractivity contribution is -0.119. The van der Waals surface area contributed by atoms with Crippen molar-refractivity contribution in [2.75, 3.05) is 18.1 Å². The zero-order chi connectivity index (χ0) is 11.5. The summed E-state index contributed by atoms with van der Waals surface area (Å²) in [4.78, 5) is 11.0. The molecule has 0 spiro atoms. The van der Waals surface area contributed by atoms with E-state index < -0.39 is 6.10 Å². The number of rotatable bonds is 3. The van der Waals surface area contributed by atoms with Gasteiger partial charge in [-0.15, -0.1) is 0 Å². The summed E-state index contributed by atoms with van der Waals surface area (Å²) < 4.78 is 0. The molecule has 1 heterocycles. The first-order chi connectivity index (χ1) is 7.70. The molecule has 5 heteroatoms. The highest BCUT2D eigenvalue weighted by atomic mass is 16.3. The number of carbonyl (C=O) groups is 1. The Morgan fingerprint density at radius 2 is 2.12 bits per heavy atom. The smallest absolute Gasteiger partial charge is 0.240 e. The number of carbonyl (C=O) groups excluding carboxylic acids is 1. The number of amides is 1. The van der Waals surface area contributed by atoms with Gasteiger partial charge >= 0.3 is 0 Å². The average Bonchev–Trinajstić information content (AvgIpc) is 2.75. The van der Waals surface area contributed by atoms with E-state index in [9.17, 15) is 9.90 Å². The largest absolute Gasteiger partial charge is 0.387 e. The highest BCUT2D eigenvalue weighted by molar-refractivity contribution is 5.81. The van der Waals surface area contributed by atoms with Gasteiger partial charge in [-0.25, -0.2) is 0 Å². The number of nitrogens with one attached hydrogen (secondary N) is 1. The van der Waals surface area contributed by atoms with E-state index in [1.807, 2.05) is 24.3 Å². The van der Waals surface area contributed by atoms with Gasteiger partial charge < -0.3 is 10.8 Å². The van der Waals surface area contributed by atoms with Crippen molar-refractivity contribution >= 4 is 11.6 Å². The topological polar surface area (TPSA) is 78.6 Å². The summed E-state index contributed by atoms with van der Waals surface area (Å²) in [5.41, 5.74) is 9.81. The number of hydrogen-bond acceptors (Lipinski definition) is 4. The van der Waals surface area contributed by atoms with Crippen LogP contribution in [0.4, 0.5) is 5.69 Å². The summed E-state index contributed by atoms with van der Waals surface area (Å²) in [6, 6.07) is 7.36. The van der Waals surface area contributed by atoms with Gasteiger partial charge in [-0.05, 0) is 17.7 Å². The predicted molar refractivity (Wildman–Crippen MR) is 60.6 cm³/mol. The molecule has 4 N–H and O–H groups in total. The summed E-state index contributed by atoms with van der Waals surface area (Å²) in [5.74, 6) is 0.0334. The molecule has 0 saturated carbocycles. The summed E-state index contributed by atoms with van der Waals surface area (Å²) in [6.45, 7) is 0.886. The van der Waals surface area contributed by atoms with Crippen molar-refractivity contribution in [2.24, 2.45) is 5.73 Å². The standard InChI is InChI=1S/C11H15N3O2/c12-7-10(15)8-1-3-9(4-2-8)14-6-5-11(16)13-14/h1-4,10,15H,5-7,12H2,(H,13,16). The van der Waals surface area contributed by atoms with Crippen molar-refractivity contribution in [1.29, 1.82) is 0 Å².